The fraction of sp³-hybridized carbons (Fsp3) is 0.0299. The largest absolute Gasteiger partial charge is 0.416 e. The quantitative estimate of drug-likeness (QED) is 0.148. The van der Waals surface area contributed by atoms with E-state index in [9.17, 15) is 21.0 Å². The summed E-state index contributed by atoms with van der Waals surface area (Å²) in [7, 11) is 0. The van der Waals surface area contributed by atoms with Crippen molar-refractivity contribution in [1.29, 1.82) is 21.0 Å². The molecule has 0 spiro atoms. The fourth-order valence-electron chi connectivity index (χ4n) is 10.8. The summed E-state index contributed by atoms with van der Waals surface area (Å²) in [5, 5.41) is 43.9. The normalized spacial score (nSPS) is 11.3. The van der Waals surface area contributed by atoms with Crippen LogP contribution in [0.3, 0.4) is 0 Å². The summed E-state index contributed by atoms with van der Waals surface area (Å²) >= 11 is 0. The monoisotopic (exact) mass is 995 g/mol. The third-order valence-electron chi connectivity index (χ3n) is 14.2. The first kappa shape index (κ1) is 47.1. The molecule has 2 heterocycles. The molecule has 0 unspecified atom stereocenters. The number of nitrogens with zero attached hydrogens (tertiary/aromatic N) is 7. The number of hydrogen-bond donors (Lipinski definition) is 0. The predicted molar refractivity (Wildman–Crippen MR) is 297 cm³/mol. The van der Waals surface area contributed by atoms with Gasteiger partial charge < -0.3 is 9.13 Å². The van der Waals surface area contributed by atoms with E-state index in [1.807, 2.05) is 149 Å². The van der Waals surface area contributed by atoms with Crippen molar-refractivity contribution in [1.82, 2.24) is 9.13 Å². The maximum absolute atomic E-state index is 15.1. The molecule has 0 bridgehead atoms. The molecule has 7 nitrogen and oxygen atoms in total. The SMILES string of the molecule is [C-]#[N+]c1cccc(-c2ccc3c(c2)c2cc(-c4cccc(C#N)c4)ccc2n3-c2cc(C#N)cc(-n3c4ccc(-c5cccc(C#N)c5)cc4c4cc(-c5cccc(C#N)c5)ccc43)c2-c2cc(C)cc(C(F)(F)F)c2)c1. The summed E-state index contributed by atoms with van der Waals surface area (Å²) in [5.41, 5.74) is 12.7. The van der Waals surface area contributed by atoms with Gasteiger partial charge in [-0.25, -0.2) is 4.85 Å². The van der Waals surface area contributed by atoms with E-state index in [2.05, 4.69) is 35.2 Å². The highest BCUT2D eigenvalue weighted by atomic mass is 19.4. The molecule has 0 aliphatic rings. The van der Waals surface area contributed by atoms with Gasteiger partial charge in [0.2, 0.25) is 0 Å². The van der Waals surface area contributed by atoms with Gasteiger partial charge in [-0.3, -0.25) is 0 Å². The first-order valence-electron chi connectivity index (χ1n) is 24.4. The number of aromatic nitrogens is 2. The van der Waals surface area contributed by atoms with Crippen LogP contribution in [0.2, 0.25) is 0 Å². The van der Waals surface area contributed by atoms with Crippen LogP contribution in [0.15, 0.2) is 200 Å². The Morgan fingerprint density at radius 3 is 1.12 bits per heavy atom. The molecular formula is C67H36F3N7. The Bertz CT molecular complexity index is 4220. The lowest BCUT2D eigenvalue weighted by molar-refractivity contribution is -0.137. The van der Waals surface area contributed by atoms with E-state index in [1.165, 1.54) is 6.07 Å². The maximum Gasteiger partial charge on any atom is 0.416 e. The van der Waals surface area contributed by atoms with E-state index in [4.69, 9.17) is 6.57 Å². The molecule has 0 saturated carbocycles. The molecule has 12 aromatic rings. The number of hydrogen-bond acceptors (Lipinski definition) is 4. The van der Waals surface area contributed by atoms with Crippen molar-refractivity contribution in [2.24, 2.45) is 0 Å². The van der Waals surface area contributed by atoms with Crippen LogP contribution in [0.5, 0.6) is 0 Å². The van der Waals surface area contributed by atoms with Crippen LogP contribution in [0, 0.1) is 58.8 Å². The van der Waals surface area contributed by atoms with E-state index < -0.39 is 11.7 Å². The second-order valence-corrected chi connectivity index (χ2v) is 18.9. The fourth-order valence-corrected chi connectivity index (χ4v) is 10.8. The zero-order chi connectivity index (χ0) is 53.1. The number of alkyl halides is 3. The molecule has 10 aromatic carbocycles. The Balaban J connectivity index is 1.22. The molecule has 10 heteroatoms. The van der Waals surface area contributed by atoms with Gasteiger partial charge in [-0.05, 0) is 178 Å². The van der Waals surface area contributed by atoms with Crippen LogP contribution >= 0.6 is 0 Å². The third kappa shape index (κ3) is 8.25. The van der Waals surface area contributed by atoms with Crippen LogP contribution in [-0.2, 0) is 6.18 Å². The van der Waals surface area contributed by atoms with Gasteiger partial charge in [-0.15, -0.1) is 0 Å². The molecule has 0 N–H and O–H groups in total. The lowest BCUT2D eigenvalue weighted by Crippen LogP contribution is -2.08. The smallest absolute Gasteiger partial charge is 0.308 e. The van der Waals surface area contributed by atoms with Crippen molar-refractivity contribution >= 4 is 49.3 Å². The number of nitriles is 4. The molecule has 0 atom stereocenters. The van der Waals surface area contributed by atoms with Crippen molar-refractivity contribution in [3.63, 3.8) is 0 Å². The average molecular weight is 996 g/mol. The van der Waals surface area contributed by atoms with Crippen molar-refractivity contribution in [3.05, 3.63) is 245 Å². The molecule has 360 valence electrons. The van der Waals surface area contributed by atoms with Crippen LogP contribution in [0.4, 0.5) is 18.9 Å². The number of aryl methyl sites for hydroxylation is 1. The molecule has 12 rings (SSSR count). The van der Waals surface area contributed by atoms with Crippen LogP contribution in [0.1, 0.15) is 33.4 Å². The Kier molecular flexibility index (Phi) is 11.3. The summed E-state index contributed by atoms with van der Waals surface area (Å²) in [6.07, 6.45) is -4.70. The van der Waals surface area contributed by atoms with Gasteiger partial charge >= 0.3 is 6.18 Å². The molecule has 77 heavy (non-hydrogen) atoms. The molecule has 0 radical (unpaired) electrons. The minimum Gasteiger partial charge on any atom is -0.308 e. The van der Waals surface area contributed by atoms with Crippen LogP contribution in [-0.4, -0.2) is 9.13 Å². The summed E-state index contributed by atoms with van der Waals surface area (Å²) in [6.45, 7) is 9.37. The number of fused-ring (bicyclic) bond motifs is 6. The summed E-state index contributed by atoms with van der Waals surface area (Å²) in [6, 6.07) is 69.9. The number of halogens is 3. The van der Waals surface area contributed by atoms with Crippen LogP contribution in [0.25, 0.3) is 115 Å². The highest BCUT2D eigenvalue weighted by Gasteiger charge is 2.32. The van der Waals surface area contributed by atoms with Gasteiger partial charge in [0, 0.05) is 27.1 Å². The van der Waals surface area contributed by atoms with E-state index in [0.717, 1.165) is 72.1 Å². The minimum absolute atomic E-state index is 0.250. The lowest BCUT2D eigenvalue weighted by atomic mass is 9.94. The molecule has 2 aromatic heterocycles. The van der Waals surface area contributed by atoms with Gasteiger partial charge in [-0.2, -0.15) is 34.2 Å². The van der Waals surface area contributed by atoms with Crippen molar-refractivity contribution in [3.8, 4) is 91.3 Å². The Labute approximate surface area is 440 Å². The van der Waals surface area contributed by atoms with E-state index in [0.29, 0.717) is 66.9 Å². The summed E-state index contributed by atoms with van der Waals surface area (Å²) in [4.78, 5) is 3.67. The topological polar surface area (TPSA) is 109 Å². The van der Waals surface area contributed by atoms with Gasteiger partial charge in [0.1, 0.15) is 0 Å². The Morgan fingerprint density at radius 1 is 0.390 bits per heavy atom. The van der Waals surface area contributed by atoms with Gasteiger partial charge in [0.15, 0.2) is 5.69 Å². The second kappa shape index (κ2) is 18.5. The van der Waals surface area contributed by atoms with E-state index >= 15 is 13.2 Å². The third-order valence-corrected chi connectivity index (χ3v) is 14.2. The van der Waals surface area contributed by atoms with Crippen molar-refractivity contribution in [2.75, 3.05) is 0 Å². The van der Waals surface area contributed by atoms with E-state index in [-0.39, 0.29) is 11.1 Å². The molecule has 0 aliphatic carbocycles. The Morgan fingerprint density at radius 2 is 0.753 bits per heavy atom. The second-order valence-electron chi connectivity index (χ2n) is 18.9. The summed E-state index contributed by atoms with van der Waals surface area (Å²) in [5.74, 6) is 0. The molecule has 0 saturated heterocycles. The molecule has 0 amide bonds. The highest BCUT2D eigenvalue weighted by Crippen LogP contribution is 2.46. The van der Waals surface area contributed by atoms with Gasteiger partial charge in [0.25, 0.3) is 0 Å². The molecular weight excluding hydrogens is 960 g/mol. The highest BCUT2D eigenvalue weighted by molar-refractivity contribution is 6.14. The standard InChI is InChI=1S/C67H36F3N7/c1-40-23-53(30-54(24-40)67(68,69)70)66-64(76-60-19-15-49(45-10-3-7-41(25-45)36-71)32-56(60)57-33-50(16-20-61(57)76)46-11-4-8-42(26-46)37-72)28-44(39-74)29-65(66)77-62-21-17-51(47-12-5-9-43(27-47)38-73)34-58(62)59-35-52(18-22-63(59)77)48-13-6-14-55(31-48)75-2/h3-35H,1H3. The van der Waals surface area contributed by atoms with E-state index in [1.54, 1.807) is 49.4 Å². The minimum atomic E-state index is -4.70. The average Bonchev–Trinajstić information content (AvgIpc) is 4.03. The zero-order valence-corrected chi connectivity index (χ0v) is 40.8. The molecule has 0 aliphatic heterocycles. The summed E-state index contributed by atoms with van der Waals surface area (Å²) < 4.78 is 49.5. The first-order valence-corrected chi connectivity index (χ1v) is 24.4. The number of rotatable bonds is 7. The Hall–Kier alpha value is -11.0. The zero-order valence-electron chi connectivity index (χ0n) is 40.8. The van der Waals surface area contributed by atoms with Crippen LogP contribution < -0.4 is 0 Å². The van der Waals surface area contributed by atoms with Crippen molar-refractivity contribution < 1.29 is 13.2 Å². The first-order chi connectivity index (χ1) is 37.4. The van der Waals surface area contributed by atoms with Gasteiger partial charge in [-0.1, -0.05) is 84.9 Å². The molecule has 0 fully saturated rings. The maximum atomic E-state index is 15.1. The van der Waals surface area contributed by atoms with Gasteiger partial charge in [0.05, 0.1) is 92.1 Å². The van der Waals surface area contributed by atoms with Crippen molar-refractivity contribution in [2.45, 2.75) is 13.1 Å². The lowest BCUT2D eigenvalue weighted by Gasteiger charge is -2.22. The predicted octanol–water partition coefficient (Wildman–Crippen LogP) is 17.6. The number of benzene rings is 10.